The lowest BCUT2D eigenvalue weighted by Crippen LogP contribution is -2.54. The number of hydrogen-bond acceptors (Lipinski definition) is 2. The molecule has 5 heteroatoms. The molecule has 4 rings (SSSR count). The average molecular weight is 378 g/mol. The molecule has 2 heterocycles. The van der Waals surface area contributed by atoms with Gasteiger partial charge in [0.1, 0.15) is 0 Å². The summed E-state index contributed by atoms with van der Waals surface area (Å²) in [5.74, 6) is -0.139. The largest absolute Gasteiger partial charge is 0.465 e. The van der Waals surface area contributed by atoms with Crippen molar-refractivity contribution in [1.82, 2.24) is 10.2 Å². The molecule has 2 saturated heterocycles. The van der Waals surface area contributed by atoms with Gasteiger partial charge in [-0.3, -0.25) is 9.69 Å². The Kier molecular flexibility index (Phi) is 4.61. The third kappa shape index (κ3) is 2.86. The Labute approximate surface area is 165 Å². The average Bonchev–Trinajstić information content (AvgIpc) is 3.23. The van der Waals surface area contributed by atoms with Gasteiger partial charge in [-0.25, -0.2) is 4.79 Å². The molecule has 2 aromatic rings. The molecule has 2 bridgehead atoms. The van der Waals surface area contributed by atoms with Crippen LogP contribution in [-0.2, 0) is 0 Å². The number of nitrogens with one attached hydrogen (secondary N) is 1. The van der Waals surface area contributed by atoms with Crippen LogP contribution in [0.1, 0.15) is 58.8 Å². The van der Waals surface area contributed by atoms with E-state index in [2.05, 4.69) is 5.32 Å². The Morgan fingerprint density at radius 2 is 1.64 bits per heavy atom. The van der Waals surface area contributed by atoms with E-state index >= 15 is 0 Å². The van der Waals surface area contributed by atoms with Gasteiger partial charge in [-0.1, -0.05) is 48.5 Å². The van der Waals surface area contributed by atoms with Crippen LogP contribution < -0.4 is 5.32 Å². The molecule has 2 fully saturated rings. The third-order valence-electron chi connectivity index (χ3n) is 6.53. The number of fused-ring (bicyclic) bond motifs is 2. The molecule has 0 saturated carbocycles. The lowest BCUT2D eigenvalue weighted by atomic mass is 9.78. The molecular formula is C23H26N2O3. The Balaban J connectivity index is 1.76. The minimum atomic E-state index is -0.887. The highest BCUT2D eigenvalue weighted by Gasteiger charge is 2.58. The van der Waals surface area contributed by atoms with Crippen LogP contribution >= 0.6 is 0 Å². The first-order valence-electron chi connectivity index (χ1n) is 9.88. The van der Waals surface area contributed by atoms with Gasteiger partial charge in [-0.15, -0.1) is 0 Å². The van der Waals surface area contributed by atoms with Crippen molar-refractivity contribution in [2.24, 2.45) is 0 Å². The molecule has 2 amide bonds. The van der Waals surface area contributed by atoms with Crippen LogP contribution in [0.15, 0.2) is 48.5 Å². The van der Waals surface area contributed by atoms with Crippen LogP contribution in [0.4, 0.5) is 4.79 Å². The molecule has 2 N–H and O–H groups in total. The molecule has 2 aromatic carbocycles. The Bertz CT molecular complexity index is 881. The standard InChI is InChI=1S/C23H26N2O3/c1-15-7-6-8-16(2)19(15)21(26)24-20(17-9-4-3-5-10-17)23-13-11-18(12-14-23)25(23)22(27)28/h3-10,18,20H,11-14H2,1-2H3,(H,24,26)(H,27,28). The maximum Gasteiger partial charge on any atom is 0.408 e. The van der Waals surface area contributed by atoms with Gasteiger partial charge in [-0.05, 0) is 56.2 Å². The van der Waals surface area contributed by atoms with E-state index < -0.39 is 11.6 Å². The Morgan fingerprint density at radius 1 is 1.04 bits per heavy atom. The Morgan fingerprint density at radius 3 is 2.21 bits per heavy atom. The highest BCUT2D eigenvalue weighted by molar-refractivity contribution is 5.97. The first kappa shape index (κ1) is 18.5. The van der Waals surface area contributed by atoms with Crippen LogP contribution in [0.3, 0.4) is 0 Å². The van der Waals surface area contributed by atoms with E-state index in [0.717, 1.165) is 42.4 Å². The van der Waals surface area contributed by atoms with E-state index in [1.165, 1.54) is 0 Å². The number of carbonyl (C=O) groups is 2. The molecule has 2 aliphatic heterocycles. The molecular weight excluding hydrogens is 352 g/mol. The fraction of sp³-hybridized carbons (Fsp3) is 0.391. The zero-order chi connectivity index (χ0) is 19.9. The van der Waals surface area contributed by atoms with Crippen LogP contribution in [0.5, 0.6) is 0 Å². The first-order valence-corrected chi connectivity index (χ1v) is 9.88. The van der Waals surface area contributed by atoms with Gasteiger partial charge in [0.2, 0.25) is 0 Å². The van der Waals surface area contributed by atoms with Gasteiger partial charge in [0.15, 0.2) is 0 Å². The fourth-order valence-corrected chi connectivity index (χ4v) is 5.29. The van der Waals surface area contributed by atoms with E-state index in [1.807, 2.05) is 62.4 Å². The summed E-state index contributed by atoms with van der Waals surface area (Å²) in [5.41, 5.74) is 2.90. The zero-order valence-electron chi connectivity index (χ0n) is 16.3. The second-order valence-corrected chi connectivity index (χ2v) is 8.07. The molecule has 0 radical (unpaired) electrons. The predicted molar refractivity (Wildman–Crippen MR) is 107 cm³/mol. The molecule has 2 aliphatic rings. The number of nitrogens with zero attached hydrogens (tertiary/aromatic N) is 1. The van der Waals surface area contributed by atoms with Crippen LogP contribution in [0, 0.1) is 13.8 Å². The van der Waals surface area contributed by atoms with Crippen molar-refractivity contribution in [3.05, 3.63) is 70.8 Å². The normalized spacial score (nSPS) is 24.2. The lowest BCUT2D eigenvalue weighted by molar-refractivity contribution is 0.0734. The van der Waals surface area contributed by atoms with Gasteiger partial charge in [-0.2, -0.15) is 0 Å². The van der Waals surface area contributed by atoms with Gasteiger partial charge < -0.3 is 10.4 Å². The maximum atomic E-state index is 13.3. The van der Waals surface area contributed by atoms with Crippen LogP contribution in [0.2, 0.25) is 0 Å². The molecule has 0 aliphatic carbocycles. The number of carboxylic acid groups (broad SMARTS) is 1. The summed E-state index contributed by atoms with van der Waals surface area (Å²) in [4.78, 5) is 27.0. The number of carbonyl (C=O) groups excluding carboxylic acids is 1. The minimum Gasteiger partial charge on any atom is -0.465 e. The number of hydrogen-bond donors (Lipinski definition) is 2. The van der Waals surface area contributed by atoms with Gasteiger partial charge in [0.05, 0.1) is 11.6 Å². The van der Waals surface area contributed by atoms with Crippen LogP contribution in [-0.4, -0.2) is 33.6 Å². The number of amides is 2. The van der Waals surface area contributed by atoms with Crippen molar-refractivity contribution in [3.63, 3.8) is 0 Å². The summed E-state index contributed by atoms with van der Waals surface area (Å²) in [5, 5.41) is 13.1. The fourth-order valence-electron chi connectivity index (χ4n) is 5.29. The van der Waals surface area contributed by atoms with E-state index in [4.69, 9.17) is 0 Å². The lowest BCUT2D eigenvalue weighted by Gasteiger charge is -2.41. The Hall–Kier alpha value is -2.82. The minimum absolute atomic E-state index is 0.0563. The molecule has 28 heavy (non-hydrogen) atoms. The summed E-state index contributed by atoms with van der Waals surface area (Å²) < 4.78 is 0. The monoisotopic (exact) mass is 378 g/mol. The molecule has 1 unspecified atom stereocenters. The molecule has 1 atom stereocenters. The van der Waals surface area contributed by atoms with Crippen molar-refractivity contribution in [1.29, 1.82) is 0 Å². The van der Waals surface area contributed by atoms with E-state index in [1.54, 1.807) is 4.90 Å². The first-order chi connectivity index (χ1) is 13.4. The van der Waals surface area contributed by atoms with Crippen LogP contribution in [0.25, 0.3) is 0 Å². The van der Waals surface area contributed by atoms with Gasteiger partial charge in [0, 0.05) is 11.6 Å². The van der Waals surface area contributed by atoms with Gasteiger partial charge in [0.25, 0.3) is 5.91 Å². The summed E-state index contributed by atoms with van der Waals surface area (Å²) in [6.45, 7) is 3.87. The van der Waals surface area contributed by atoms with E-state index in [9.17, 15) is 14.7 Å². The van der Waals surface area contributed by atoms with Gasteiger partial charge >= 0.3 is 6.09 Å². The number of aryl methyl sites for hydroxylation is 2. The quantitative estimate of drug-likeness (QED) is 0.826. The molecule has 146 valence electrons. The number of rotatable bonds is 4. The maximum absolute atomic E-state index is 13.3. The predicted octanol–water partition coefficient (Wildman–Crippen LogP) is 4.45. The van der Waals surface area contributed by atoms with Crippen molar-refractivity contribution in [2.75, 3.05) is 0 Å². The third-order valence-corrected chi connectivity index (χ3v) is 6.53. The van der Waals surface area contributed by atoms with Crippen molar-refractivity contribution < 1.29 is 14.7 Å². The summed E-state index contributed by atoms with van der Waals surface area (Å²) in [6.07, 6.45) is 2.37. The highest BCUT2D eigenvalue weighted by atomic mass is 16.4. The second-order valence-electron chi connectivity index (χ2n) is 8.07. The van der Waals surface area contributed by atoms with Crippen molar-refractivity contribution in [3.8, 4) is 0 Å². The molecule has 5 nitrogen and oxygen atoms in total. The van der Waals surface area contributed by atoms with E-state index in [-0.39, 0.29) is 18.0 Å². The van der Waals surface area contributed by atoms with Crippen molar-refractivity contribution >= 4 is 12.0 Å². The van der Waals surface area contributed by atoms with Crippen molar-refractivity contribution in [2.45, 2.75) is 57.2 Å². The second kappa shape index (κ2) is 6.97. The smallest absolute Gasteiger partial charge is 0.408 e. The zero-order valence-corrected chi connectivity index (χ0v) is 16.3. The van der Waals surface area contributed by atoms with E-state index in [0.29, 0.717) is 5.56 Å². The summed E-state index contributed by atoms with van der Waals surface area (Å²) >= 11 is 0. The summed E-state index contributed by atoms with van der Waals surface area (Å²) in [6, 6.07) is 15.3. The topological polar surface area (TPSA) is 69.6 Å². The summed E-state index contributed by atoms with van der Waals surface area (Å²) in [7, 11) is 0. The molecule has 0 spiro atoms. The number of benzene rings is 2. The molecule has 0 aromatic heterocycles. The highest BCUT2D eigenvalue weighted by Crippen LogP contribution is 2.52. The SMILES string of the molecule is Cc1cccc(C)c1C(=O)NC(c1ccccc1)C12CCC(CC1)N2C(=O)O.